The molecule has 2 aliphatic carbocycles. The summed E-state index contributed by atoms with van der Waals surface area (Å²) in [5.74, 6) is 2.02. The van der Waals surface area contributed by atoms with Crippen molar-refractivity contribution in [2.45, 2.75) is 95.7 Å². The number of hydrogen-bond acceptors (Lipinski definition) is 2. The Kier molecular flexibility index (Phi) is 5.61. The lowest BCUT2D eigenvalue weighted by Crippen LogP contribution is -2.59. The number of fused-ring (bicyclic) bond motifs is 1. The number of rotatable bonds is 4. The minimum atomic E-state index is 0.749. The molecule has 0 aromatic carbocycles. The lowest BCUT2D eigenvalue weighted by molar-refractivity contribution is -0.00832. The fourth-order valence-corrected chi connectivity index (χ4v) is 5.68. The topological polar surface area (TPSA) is 15.3 Å². The highest BCUT2D eigenvalue weighted by atomic mass is 15.2. The molecule has 1 heterocycles. The first kappa shape index (κ1) is 15.8. The van der Waals surface area contributed by atoms with Crippen LogP contribution in [-0.4, -0.2) is 36.6 Å². The summed E-state index contributed by atoms with van der Waals surface area (Å²) in [6.07, 6.45) is 16.1. The maximum Gasteiger partial charge on any atom is 0.0254 e. The predicted molar refractivity (Wildman–Crippen MR) is 90.6 cm³/mol. The number of likely N-dealkylation sites (tertiary alicyclic amines) is 1. The van der Waals surface area contributed by atoms with E-state index in [2.05, 4.69) is 24.2 Å². The summed E-state index contributed by atoms with van der Waals surface area (Å²) in [6, 6.07) is 2.50. The molecule has 122 valence electrons. The van der Waals surface area contributed by atoms with E-state index in [9.17, 15) is 0 Å². The standard InChI is InChI=1S/C19H36N2/c1-3-7-15-11-12-17(20-2)19(14-15)21-13-6-9-16-8-4-5-10-18(16)21/h15-20H,3-14H2,1-2H3/t15?,16-,17?,18-,19?/m1/s1. The van der Waals surface area contributed by atoms with Crippen LogP contribution in [0.4, 0.5) is 0 Å². The molecule has 3 rings (SSSR count). The van der Waals surface area contributed by atoms with Gasteiger partial charge in [-0.1, -0.05) is 32.6 Å². The Morgan fingerprint density at radius 3 is 2.57 bits per heavy atom. The Balaban J connectivity index is 1.71. The van der Waals surface area contributed by atoms with Gasteiger partial charge < -0.3 is 5.32 Å². The molecule has 3 unspecified atom stereocenters. The van der Waals surface area contributed by atoms with E-state index >= 15 is 0 Å². The van der Waals surface area contributed by atoms with Gasteiger partial charge in [0.2, 0.25) is 0 Å². The molecule has 1 saturated heterocycles. The number of likely N-dealkylation sites (N-methyl/N-ethyl adjacent to an activating group) is 1. The maximum atomic E-state index is 3.67. The number of nitrogens with one attached hydrogen (secondary N) is 1. The van der Waals surface area contributed by atoms with E-state index in [1.165, 1.54) is 77.2 Å². The number of hydrogen-bond donors (Lipinski definition) is 1. The number of piperidine rings is 1. The minimum absolute atomic E-state index is 0.749. The summed E-state index contributed by atoms with van der Waals surface area (Å²) >= 11 is 0. The summed E-state index contributed by atoms with van der Waals surface area (Å²) in [5, 5.41) is 3.67. The molecule has 0 bridgehead atoms. The Labute approximate surface area is 132 Å². The van der Waals surface area contributed by atoms with Crippen LogP contribution >= 0.6 is 0 Å². The highest BCUT2D eigenvalue weighted by Gasteiger charge is 2.41. The van der Waals surface area contributed by atoms with Gasteiger partial charge in [0.15, 0.2) is 0 Å². The van der Waals surface area contributed by atoms with Crippen molar-refractivity contribution in [1.29, 1.82) is 0 Å². The summed E-state index contributed by atoms with van der Waals surface area (Å²) in [4.78, 5) is 2.98. The van der Waals surface area contributed by atoms with E-state index in [0.29, 0.717) is 0 Å². The SMILES string of the molecule is CCCC1CCC(NC)C(N2CCC[C@H]3CCCC[C@H]32)C1. The summed E-state index contributed by atoms with van der Waals surface area (Å²) in [6.45, 7) is 3.74. The largest absolute Gasteiger partial charge is 0.315 e. The first-order chi connectivity index (χ1) is 10.3. The van der Waals surface area contributed by atoms with Crippen LogP contribution in [-0.2, 0) is 0 Å². The molecule has 0 spiro atoms. The molecular formula is C19H36N2. The third-order valence-electron chi connectivity index (χ3n) is 6.71. The summed E-state index contributed by atoms with van der Waals surface area (Å²) in [5.41, 5.74) is 0. The zero-order chi connectivity index (χ0) is 14.7. The zero-order valence-corrected chi connectivity index (χ0v) is 14.3. The Hall–Kier alpha value is -0.0800. The van der Waals surface area contributed by atoms with Crippen LogP contribution in [0.2, 0.25) is 0 Å². The van der Waals surface area contributed by atoms with Crippen molar-refractivity contribution in [2.75, 3.05) is 13.6 Å². The molecule has 0 aromatic heterocycles. The molecular weight excluding hydrogens is 256 g/mol. The van der Waals surface area contributed by atoms with Crippen molar-refractivity contribution in [3.05, 3.63) is 0 Å². The van der Waals surface area contributed by atoms with Crippen LogP contribution in [0, 0.1) is 11.8 Å². The van der Waals surface area contributed by atoms with Crippen LogP contribution < -0.4 is 5.32 Å². The Bertz CT molecular complexity index is 315. The van der Waals surface area contributed by atoms with Gasteiger partial charge in [-0.25, -0.2) is 0 Å². The van der Waals surface area contributed by atoms with Crippen LogP contribution in [0.15, 0.2) is 0 Å². The molecule has 0 aromatic rings. The maximum absolute atomic E-state index is 3.67. The molecule has 3 aliphatic rings. The second-order valence-corrected chi connectivity index (χ2v) is 7.92. The molecule has 5 atom stereocenters. The molecule has 2 saturated carbocycles. The van der Waals surface area contributed by atoms with Crippen LogP contribution in [0.3, 0.4) is 0 Å². The molecule has 3 fully saturated rings. The van der Waals surface area contributed by atoms with Gasteiger partial charge in [-0.05, 0) is 70.4 Å². The van der Waals surface area contributed by atoms with Gasteiger partial charge >= 0.3 is 0 Å². The van der Waals surface area contributed by atoms with Gasteiger partial charge in [-0.3, -0.25) is 4.90 Å². The predicted octanol–water partition coefficient (Wildman–Crippen LogP) is 4.20. The van der Waals surface area contributed by atoms with Crippen LogP contribution in [0.1, 0.15) is 77.6 Å². The van der Waals surface area contributed by atoms with E-state index in [1.54, 1.807) is 0 Å². The van der Waals surface area contributed by atoms with Crippen molar-refractivity contribution in [3.8, 4) is 0 Å². The average molecular weight is 293 g/mol. The van der Waals surface area contributed by atoms with E-state index in [4.69, 9.17) is 0 Å². The van der Waals surface area contributed by atoms with Gasteiger partial charge in [0, 0.05) is 18.1 Å². The highest BCUT2D eigenvalue weighted by Crippen LogP contribution is 2.40. The second-order valence-electron chi connectivity index (χ2n) is 7.92. The summed E-state index contributed by atoms with van der Waals surface area (Å²) < 4.78 is 0. The highest BCUT2D eigenvalue weighted by molar-refractivity contribution is 4.97. The molecule has 2 heteroatoms. The molecule has 0 amide bonds. The molecule has 21 heavy (non-hydrogen) atoms. The molecule has 1 N–H and O–H groups in total. The lowest BCUT2D eigenvalue weighted by atomic mass is 9.74. The summed E-state index contributed by atoms with van der Waals surface area (Å²) in [7, 11) is 2.19. The first-order valence-electron chi connectivity index (χ1n) is 9.76. The van der Waals surface area contributed by atoms with Gasteiger partial charge in [0.25, 0.3) is 0 Å². The third kappa shape index (κ3) is 3.47. The molecule has 0 radical (unpaired) electrons. The van der Waals surface area contributed by atoms with Gasteiger partial charge in [-0.15, -0.1) is 0 Å². The second kappa shape index (κ2) is 7.46. The average Bonchev–Trinajstić information content (AvgIpc) is 2.54. The van der Waals surface area contributed by atoms with Crippen molar-refractivity contribution >= 4 is 0 Å². The van der Waals surface area contributed by atoms with Crippen molar-refractivity contribution in [3.63, 3.8) is 0 Å². The van der Waals surface area contributed by atoms with Crippen molar-refractivity contribution in [2.24, 2.45) is 11.8 Å². The van der Waals surface area contributed by atoms with E-state index in [-0.39, 0.29) is 0 Å². The number of nitrogens with zero attached hydrogens (tertiary/aromatic N) is 1. The van der Waals surface area contributed by atoms with Gasteiger partial charge in [0.05, 0.1) is 0 Å². The normalized spacial score (nSPS) is 41.7. The third-order valence-corrected chi connectivity index (χ3v) is 6.71. The van der Waals surface area contributed by atoms with E-state index < -0.39 is 0 Å². The smallest absolute Gasteiger partial charge is 0.0254 e. The molecule has 2 nitrogen and oxygen atoms in total. The Morgan fingerprint density at radius 1 is 0.952 bits per heavy atom. The van der Waals surface area contributed by atoms with Gasteiger partial charge in [0.1, 0.15) is 0 Å². The van der Waals surface area contributed by atoms with Gasteiger partial charge in [-0.2, -0.15) is 0 Å². The molecule has 1 aliphatic heterocycles. The Morgan fingerprint density at radius 2 is 1.76 bits per heavy atom. The monoisotopic (exact) mass is 292 g/mol. The van der Waals surface area contributed by atoms with Crippen LogP contribution in [0.25, 0.3) is 0 Å². The van der Waals surface area contributed by atoms with Crippen molar-refractivity contribution < 1.29 is 0 Å². The zero-order valence-electron chi connectivity index (χ0n) is 14.3. The van der Waals surface area contributed by atoms with E-state index in [1.807, 2.05) is 0 Å². The lowest BCUT2D eigenvalue weighted by Gasteiger charge is -2.52. The fourth-order valence-electron chi connectivity index (χ4n) is 5.68. The van der Waals surface area contributed by atoms with Crippen LogP contribution in [0.5, 0.6) is 0 Å². The fraction of sp³-hybridized carbons (Fsp3) is 1.00. The van der Waals surface area contributed by atoms with E-state index in [0.717, 1.165) is 30.0 Å². The van der Waals surface area contributed by atoms with Crippen molar-refractivity contribution in [1.82, 2.24) is 10.2 Å². The quantitative estimate of drug-likeness (QED) is 0.835. The first-order valence-corrected chi connectivity index (χ1v) is 9.76. The minimum Gasteiger partial charge on any atom is -0.315 e.